The van der Waals surface area contributed by atoms with Gasteiger partial charge < -0.3 is 15.0 Å². The fourth-order valence-electron chi connectivity index (χ4n) is 4.05. The van der Waals surface area contributed by atoms with Gasteiger partial charge >= 0.3 is 0 Å². The van der Waals surface area contributed by atoms with E-state index in [1.54, 1.807) is 24.0 Å². The van der Waals surface area contributed by atoms with Crippen molar-refractivity contribution in [1.29, 1.82) is 0 Å². The molecule has 1 aliphatic heterocycles. The van der Waals surface area contributed by atoms with E-state index in [1.165, 1.54) is 12.1 Å². The molecule has 4 rings (SSSR count). The van der Waals surface area contributed by atoms with Crippen LogP contribution in [0.5, 0.6) is 5.75 Å². The Balaban J connectivity index is 1.53. The van der Waals surface area contributed by atoms with Crippen molar-refractivity contribution in [2.75, 3.05) is 5.32 Å². The van der Waals surface area contributed by atoms with Crippen LogP contribution in [0.2, 0.25) is 0 Å². The second kappa shape index (κ2) is 8.23. The summed E-state index contributed by atoms with van der Waals surface area (Å²) in [6.45, 7) is 2.46. The van der Waals surface area contributed by atoms with Crippen LogP contribution in [0.4, 0.5) is 10.1 Å². The van der Waals surface area contributed by atoms with Crippen LogP contribution < -0.4 is 10.1 Å². The van der Waals surface area contributed by atoms with Crippen LogP contribution in [0.25, 0.3) is 0 Å². The predicted molar refractivity (Wildman–Crippen MR) is 108 cm³/mol. The number of carbonyl (C=O) groups excluding carboxylic acids is 2. The number of halogens is 1. The Morgan fingerprint density at radius 2 is 1.90 bits per heavy atom. The van der Waals surface area contributed by atoms with E-state index >= 15 is 0 Å². The van der Waals surface area contributed by atoms with Crippen molar-refractivity contribution in [3.63, 3.8) is 0 Å². The van der Waals surface area contributed by atoms with Crippen LogP contribution in [0, 0.1) is 11.7 Å². The van der Waals surface area contributed by atoms with Crippen molar-refractivity contribution < 1.29 is 18.7 Å². The SMILES string of the molecule is C[C@H]1Oc2ccc(NC(=O)C3CCCC3)cc2CN(Cc2ccc(F)cc2)C1=O. The smallest absolute Gasteiger partial charge is 0.263 e. The number of anilines is 1. The number of hydrogen-bond acceptors (Lipinski definition) is 3. The van der Waals surface area contributed by atoms with Gasteiger partial charge in [-0.05, 0) is 55.7 Å². The molecular formula is C23H25FN2O3. The van der Waals surface area contributed by atoms with Crippen LogP contribution in [0.3, 0.4) is 0 Å². The lowest BCUT2D eigenvalue weighted by Gasteiger charge is -2.22. The fraction of sp³-hybridized carbons (Fsp3) is 0.391. The molecule has 2 aromatic rings. The van der Waals surface area contributed by atoms with E-state index < -0.39 is 6.10 Å². The minimum absolute atomic E-state index is 0.0598. The van der Waals surface area contributed by atoms with Gasteiger partial charge in [0.05, 0.1) is 0 Å². The topological polar surface area (TPSA) is 58.6 Å². The molecule has 2 aromatic carbocycles. The highest BCUT2D eigenvalue weighted by Gasteiger charge is 2.28. The van der Waals surface area contributed by atoms with Gasteiger partial charge in [0.15, 0.2) is 6.10 Å². The first-order valence-corrected chi connectivity index (χ1v) is 10.1. The van der Waals surface area contributed by atoms with Crippen LogP contribution in [-0.2, 0) is 22.7 Å². The summed E-state index contributed by atoms with van der Waals surface area (Å²) in [5.41, 5.74) is 2.41. The van der Waals surface area contributed by atoms with Crippen molar-refractivity contribution >= 4 is 17.5 Å². The molecule has 1 N–H and O–H groups in total. The number of ether oxygens (including phenoxy) is 1. The van der Waals surface area contributed by atoms with Gasteiger partial charge in [-0.1, -0.05) is 25.0 Å². The van der Waals surface area contributed by atoms with Gasteiger partial charge in [0.2, 0.25) is 5.91 Å². The molecule has 5 nitrogen and oxygen atoms in total. The molecule has 1 aliphatic carbocycles. The normalized spacial score (nSPS) is 19.4. The largest absolute Gasteiger partial charge is 0.481 e. The lowest BCUT2D eigenvalue weighted by Crippen LogP contribution is -2.37. The maximum Gasteiger partial charge on any atom is 0.263 e. The quantitative estimate of drug-likeness (QED) is 0.840. The van der Waals surface area contributed by atoms with Crippen molar-refractivity contribution in [2.24, 2.45) is 5.92 Å². The van der Waals surface area contributed by atoms with E-state index in [1.807, 2.05) is 18.2 Å². The lowest BCUT2D eigenvalue weighted by molar-refractivity contribution is -0.138. The molecular weight excluding hydrogens is 371 g/mol. The van der Waals surface area contributed by atoms with Gasteiger partial charge in [0, 0.05) is 30.3 Å². The maximum atomic E-state index is 13.2. The summed E-state index contributed by atoms with van der Waals surface area (Å²) in [4.78, 5) is 26.9. The third-order valence-electron chi connectivity index (χ3n) is 5.67. The zero-order valence-corrected chi connectivity index (χ0v) is 16.5. The predicted octanol–water partition coefficient (Wildman–Crippen LogP) is 4.26. The lowest BCUT2D eigenvalue weighted by atomic mass is 10.1. The molecule has 1 atom stereocenters. The molecule has 1 saturated carbocycles. The molecule has 1 fully saturated rings. The Morgan fingerprint density at radius 3 is 2.62 bits per heavy atom. The Labute approximate surface area is 169 Å². The van der Waals surface area contributed by atoms with E-state index in [-0.39, 0.29) is 23.5 Å². The number of nitrogens with one attached hydrogen (secondary N) is 1. The molecule has 6 heteroatoms. The molecule has 0 radical (unpaired) electrons. The van der Waals surface area contributed by atoms with Crippen molar-refractivity contribution in [3.8, 4) is 5.75 Å². The van der Waals surface area contributed by atoms with E-state index in [2.05, 4.69) is 5.32 Å². The second-order valence-corrected chi connectivity index (χ2v) is 7.87. The van der Waals surface area contributed by atoms with Gasteiger partial charge in [-0.25, -0.2) is 4.39 Å². The first-order chi connectivity index (χ1) is 14.0. The Kier molecular flexibility index (Phi) is 5.51. The van der Waals surface area contributed by atoms with Gasteiger partial charge in [-0.2, -0.15) is 0 Å². The molecule has 29 heavy (non-hydrogen) atoms. The Hall–Kier alpha value is -2.89. The summed E-state index contributed by atoms with van der Waals surface area (Å²) in [7, 11) is 0. The number of carbonyl (C=O) groups is 2. The van der Waals surface area contributed by atoms with Crippen molar-refractivity contribution in [1.82, 2.24) is 4.90 Å². The zero-order chi connectivity index (χ0) is 20.4. The molecule has 1 heterocycles. The third kappa shape index (κ3) is 4.42. The highest BCUT2D eigenvalue weighted by atomic mass is 19.1. The summed E-state index contributed by atoms with van der Waals surface area (Å²) in [6, 6.07) is 11.6. The summed E-state index contributed by atoms with van der Waals surface area (Å²) >= 11 is 0. The molecule has 0 aromatic heterocycles. The van der Waals surface area contributed by atoms with E-state index in [4.69, 9.17) is 4.74 Å². The molecule has 2 aliphatic rings. The maximum absolute atomic E-state index is 13.2. The van der Waals surface area contributed by atoms with Gasteiger partial charge in [-0.15, -0.1) is 0 Å². The van der Waals surface area contributed by atoms with Crippen LogP contribution >= 0.6 is 0 Å². The molecule has 2 amide bonds. The van der Waals surface area contributed by atoms with E-state index in [0.29, 0.717) is 24.5 Å². The van der Waals surface area contributed by atoms with Crippen LogP contribution in [0.15, 0.2) is 42.5 Å². The monoisotopic (exact) mass is 396 g/mol. The molecule has 0 unspecified atom stereocenters. The Bertz CT molecular complexity index is 907. The highest BCUT2D eigenvalue weighted by molar-refractivity contribution is 5.93. The second-order valence-electron chi connectivity index (χ2n) is 7.87. The first kappa shape index (κ1) is 19.4. The van der Waals surface area contributed by atoms with E-state index in [0.717, 1.165) is 36.8 Å². The molecule has 0 saturated heterocycles. The van der Waals surface area contributed by atoms with Crippen LogP contribution in [0.1, 0.15) is 43.7 Å². The minimum Gasteiger partial charge on any atom is -0.481 e. The molecule has 0 spiro atoms. The summed E-state index contributed by atoms with van der Waals surface area (Å²) in [5, 5.41) is 3.01. The number of amides is 2. The Morgan fingerprint density at radius 1 is 1.17 bits per heavy atom. The first-order valence-electron chi connectivity index (χ1n) is 10.1. The standard InChI is InChI=1S/C23H25FN2O3/c1-15-23(28)26(13-16-6-8-19(24)9-7-16)14-18-12-20(10-11-21(18)29-15)25-22(27)17-4-2-3-5-17/h6-12,15,17H,2-5,13-14H2,1H3,(H,25,27)/t15-/m1/s1. The van der Waals surface area contributed by atoms with Crippen molar-refractivity contribution in [2.45, 2.75) is 51.8 Å². The molecule has 152 valence electrons. The summed E-state index contributed by atoms with van der Waals surface area (Å²) in [6.07, 6.45) is 3.48. The van der Waals surface area contributed by atoms with Gasteiger partial charge in [-0.3, -0.25) is 9.59 Å². The minimum atomic E-state index is -0.615. The number of benzene rings is 2. The summed E-state index contributed by atoms with van der Waals surface area (Å²) < 4.78 is 19.0. The zero-order valence-electron chi connectivity index (χ0n) is 16.5. The third-order valence-corrected chi connectivity index (χ3v) is 5.67. The van der Waals surface area contributed by atoms with Crippen LogP contribution in [-0.4, -0.2) is 22.8 Å². The number of rotatable bonds is 4. The average Bonchev–Trinajstić information content (AvgIpc) is 3.22. The van der Waals surface area contributed by atoms with E-state index in [9.17, 15) is 14.0 Å². The number of nitrogens with zero attached hydrogens (tertiary/aromatic N) is 1. The van der Waals surface area contributed by atoms with Gasteiger partial charge in [0.25, 0.3) is 5.91 Å². The van der Waals surface area contributed by atoms with Crippen molar-refractivity contribution in [3.05, 3.63) is 59.4 Å². The highest BCUT2D eigenvalue weighted by Crippen LogP contribution is 2.31. The average molecular weight is 396 g/mol. The fourth-order valence-corrected chi connectivity index (χ4v) is 4.05. The summed E-state index contributed by atoms with van der Waals surface area (Å²) in [5.74, 6) is 0.361. The molecule has 0 bridgehead atoms. The van der Waals surface area contributed by atoms with Gasteiger partial charge in [0.1, 0.15) is 11.6 Å². The number of hydrogen-bond donors (Lipinski definition) is 1. The number of fused-ring (bicyclic) bond motifs is 1.